The van der Waals surface area contributed by atoms with E-state index >= 15 is 0 Å². The van der Waals surface area contributed by atoms with E-state index in [1.165, 1.54) is 24.8 Å². The zero-order valence-corrected chi connectivity index (χ0v) is 11.3. The van der Waals surface area contributed by atoms with Crippen molar-refractivity contribution in [3.8, 4) is 0 Å². The average molecular weight is 269 g/mol. The van der Waals surface area contributed by atoms with E-state index in [9.17, 15) is 0 Å². The Balaban J connectivity index is 0.00000120. The number of benzene rings is 1. The summed E-state index contributed by atoms with van der Waals surface area (Å²) >= 11 is 0. The molecule has 3 atom stereocenters. The third-order valence-electron chi connectivity index (χ3n) is 3.91. The van der Waals surface area contributed by atoms with Crippen LogP contribution in [0, 0.1) is 5.92 Å². The van der Waals surface area contributed by atoms with Crippen LogP contribution in [0.4, 0.5) is 0 Å². The Labute approximate surface area is 115 Å². The normalized spacial score (nSPS) is 30.6. The zero-order valence-electron chi connectivity index (χ0n) is 10.5. The minimum absolute atomic E-state index is 0. The van der Waals surface area contributed by atoms with Crippen LogP contribution in [0.25, 0.3) is 0 Å². The van der Waals surface area contributed by atoms with Gasteiger partial charge in [0, 0.05) is 12.6 Å². The van der Waals surface area contributed by atoms with Gasteiger partial charge in [-0.1, -0.05) is 30.3 Å². The summed E-state index contributed by atoms with van der Waals surface area (Å²) in [6, 6.07) is 11.1. The number of halogens is 1. The fourth-order valence-corrected chi connectivity index (χ4v) is 2.90. The smallest absolute Gasteiger partial charge is 0.0720 e. The van der Waals surface area contributed by atoms with Crippen LogP contribution in [0.3, 0.4) is 0 Å². The van der Waals surface area contributed by atoms with E-state index < -0.39 is 0 Å². The van der Waals surface area contributed by atoms with E-state index in [0.29, 0.717) is 12.1 Å². The molecule has 3 nitrogen and oxygen atoms in total. The minimum atomic E-state index is 0. The van der Waals surface area contributed by atoms with Crippen LogP contribution in [0.1, 0.15) is 24.8 Å². The van der Waals surface area contributed by atoms with E-state index in [1.807, 2.05) is 6.07 Å². The predicted octanol–water partition coefficient (Wildman–Crippen LogP) is 2.27. The second-order valence-electron chi connectivity index (χ2n) is 5.12. The van der Waals surface area contributed by atoms with E-state index in [1.54, 1.807) is 0 Å². The number of hydrogen-bond acceptors (Lipinski definition) is 3. The highest BCUT2D eigenvalue weighted by Crippen LogP contribution is 2.28. The number of hydrogen-bond donors (Lipinski definition) is 2. The van der Waals surface area contributed by atoms with Crippen molar-refractivity contribution in [3.63, 3.8) is 0 Å². The molecular weight excluding hydrogens is 248 g/mol. The van der Waals surface area contributed by atoms with Crippen molar-refractivity contribution in [3.05, 3.63) is 35.9 Å². The minimum Gasteiger partial charge on any atom is -0.374 e. The molecule has 18 heavy (non-hydrogen) atoms. The molecule has 1 aromatic carbocycles. The van der Waals surface area contributed by atoms with Crippen LogP contribution in [0.2, 0.25) is 0 Å². The van der Waals surface area contributed by atoms with Crippen LogP contribution < -0.4 is 10.9 Å². The van der Waals surface area contributed by atoms with Gasteiger partial charge in [0.25, 0.3) is 0 Å². The molecule has 2 fully saturated rings. The lowest BCUT2D eigenvalue weighted by Gasteiger charge is -2.30. The summed E-state index contributed by atoms with van der Waals surface area (Å²) in [6.45, 7) is 1.85. The van der Waals surface area contributed by atoms with Gasteiger partial charge in [-0.05, 0) is 30.7 Å². The SMILES string of the molecule is Cl.c1ccc(COC2CCC3NNCC3C2)cc1. The first kappa shape index (κ1) is 13.8. The van der Waals surface area contributed by atoms with Gasteiger partial charge in [0.15, 0.2) is 0 Å². The molecule has 3 rings (SSSR count). The highest BCUT2D eigenvalue weighted by atomic mass is 35.5. The molecule has 3 unspecified atom stereocenters. The number of rotatable bonds is 3. The maximum absolute atomic E-state index is 6.02. The van der Waals surface area contributed by atoms with Crippen molar-refractivity contribution in [2.75, 3.05) is 6.54 Å². The highest BCUT2D eigenvalue weighted by molar-refractivity contribution is 5.85. The Kier molecular flexibility index (Phi) is 5.01. The van der Waals surface area contributed by atoms with Crippen molar-refractivity contribution in [1.82, 2.24) is 10.9 Å². The Morgan fingerprint density at radius 1 is 1.17 bits per heavy atom. The lowest BCUT2D eigenvalue weighted by atomic mass is 9.84. The van der Waals surface area contributed by atoms with Gasteiger partial charge < -0.3 is 4.74 Å². The molecule has 0 bridgehead atoms. The molecule has 0 amide bonds. The van der Waals surface area contributed by atoms with Crippen molar-refractivity contribution in [1.29, 1.82) is 0 Å². The van der Waals surface area contributed by atoms with Crippen molar-refractivity contribution in [2.24, 2.45) is 5.92 Å². The number of ether oxygens (including phenoxy) is 1. The van der Waals surface area contributed by atoms with Crippen molar-refractivity contribution >= 4 is 12.4 Å². The third kappa shape index (κ3) is 3.23. The fraction of sp³-hybridized carbons (Fsp3) is 0.571. The standard InChI is InChI=1S/C14H20N2O.ClH/c1-2-4-11(5-3-1)10-17-13-6-7-14-12(8-13)9-15-16-14;/h1-5,12-16H,6-10H2;1H. The van der Waals surface area contributed by atoms with Gasteiger partial charge in [-0.15, -0.1) is 12.4 Å². The monoisotopic (exact) mass is 268 g/mol. The van der Waals surface area contributed by atoms with E-state index in [4.69, 9.17) is 4.74 Å². The lowest BCUT2D eigenvalue weighted by molar-refractivity contribution is 0.00114. The van der Waals surface area contributed by atoms with Gasteiger partial charge in [-0.3, -0.25) is 10.9 Å². The first-order chi connectivity index (χ1) is 8.42. The molecule has 1 saturated heterocycles. The highest BCUT2D eigenvalue weighted by Gasteiger charge is 2.33. The summed E-state index contributed by atoms with van der Waals surface area (Å²) in [5.74, 6) is 0.754. The van der Waals surface area contributed by atoms with Crippen LogP contribution in [-0.2, 0) is 11.3 Å². The van der Waals surface area contributed by atoms with E-state index in [-0.39, 0.29) is 12.4 Å². The van der Waals surface area contributed by atoms with Gasteiger partial charge in [0.05, 0.1) is 12.7 Å². The summed E-state index contributed by atoms with van der Waals surface area (Å²) in [7, 11) is 0. The molecule has 1 aliphatic carbocycles. The second-order valence-corrected chi connectivity index (χ2v) is 5.12. The summed E-state index contributed by atoms with van der Waals surface area (Å²) in [4.78, 5) is 0. The Morgan fingerprint density at radius 3 is 2.83 bits per heavy atom. The van der Waals surface area contributed by atoms with E-state index in [2.05, 4.69) is 35.1 Å². The molecule has 1 heterocycles. The fourth-order valence-electron chi connectivity index (χ4n) is 2.90. The summed E-state index contributed by atoms with van der Waals surface area (Å²) < 4.78 is 6.02. The molecule has 100 valence electrons. The molecule has 4 heteroatoms. The number of nitrogens with one attached hydrogen (secondary N) is 2. The lowest BCUT2D eigenvalue weighted by Crippen LogP contribution is -2.37. The van der Waals surface area contributed by atoms with Gasteiger partial charge in [-0.2, -0.15) is 0 Å². The van der Waals surface area contributed by atoms with Crippen LogP contribution in [0.15, 0.2) is 30.3 Å². The van der Waals surface area contributed by atoms with E-state index in [0.717, 1.165) is 19.1 Å². The molecule has 0 spiro atoms. The van der Waals surface area contributed by atoms with Crippen molar-refractivity contribution in [2.45, 2.75) is 38.0 Å². The molecule has 0 radical (unpaired) electrons. The first-order valence-corrected chi connectivity index (χ1v) is 6.56. The van der Waals surface area contributed by atoms with Crippen LogP contribution in [0.5, 0.6) is 0 Å². The molecule has 2 aliphatic rings. The number of hydrazine groups is 1. The van der Waals surface area contributed by atoms with Gasteiger partial charge in [-0.25, -0.2) is 0 Å². The second kappa shape index (κ2) is 6.53. The molecule has 0 aromatic heterocycles. The topological polar surface area (TPSA) is 33.3 Å². The van der Waals surface area contributed by atoms with Crippen LogP contribution in [-0.4, -0.2) is 18.7 Å². The summed E-state index contributed by atoms with van der Waals surface area (Å²) in [5, 5.41) is 0. The summed E-state index contributed by atoms with van der Waals surface area (Å²) in [6.07, 6.45) is 4.05. The van der Waals surface area contributed by atoms with Crippen LogP contribution >= 0.6 is 12.4 Å². The molecule has 1 saturated carbocycles. The Hall–Kier alpha value is -0.610. The third-order valence-corrected chi connectivity index (χ3v) is 3.91. The largest absolute Gasteiger partial charge is 0.374 e. The first-order valence-electron chi connectivity index (χ1n) is 6.56. The maximum atomic E-state index is 6.02. The quantitative estimate of drug-likeness (QED) is 0.882. The maximum Gasteiger partial charge on any atom is 0.0720 e. The Morgan fingerprint density at radius 2 is 2.00 bits per heavy atom. The Bertz CT molecular complexity index is 360. The van der Waals surface area contributed by atoms with Gasteiger partial charge in [0.1, 0.15) is 0 Å². The van der Waals surface area contributed by atoms with Gasteiger partial charge in [0.2, 0.25) is 0 Å². The molecule has 2 N–H and O–H groups in total. The zero-order chi connectivity index (χ0) is 11.5. The number of fused-ring (bicyclic) bond motifs is 1. The average Bonchev–Trinajstić information content (AvgIpc) is 2.85. The summed E-state index contributed by atoms with van der Waals surface area (Å²) in [5.41, 5.74) is 7.88. The predicted molar refractivity (Wildman–Crippen MR) is 74.5 cm³/mol. The molecular formula is C14H21ClN2O. The molecule has 1 aliphatic heterocycles. The van der Waals surface area contributed by atoms with Crippen molar-refractivity contribution < 1.29 is 4.74 Å². The molecule has 1 aromatic rings. The van der Waals surface area contributed by atoms with Gasteiger partial charge >= 0.3 is 0 Å².